The molecule has 4 rings (SSSR count). The van der Waals surface area contributed by atoms with Gasteiger partial charge in [-0.2, -0.15) is 0 Å². The third kappa shape index (κ3) is 4.20. The van der Waals surface area contributed by atoms with E-state index in [4.69, 9.17) is 4.74 Å². The van der Waals surface area contributed by atoms with Gasteiger partial charge in [0.1, 0.15) is 5.75 Å². The summed E-state index contributed by atoms with van der Waals surface area (Å²) >= 11 is 0. The number of ether oxygens (including phenoxy) is 1. The maximum Gasteiger partial charge on any atom is 0.122 e. The Balaban J connectivity index is 1.35. The molecule has 2 aliphatic rings. The van der Waals surface area contributed by atoms with E-state index in [1.165, 1.54) is 37.1 Å². The number of benzene rings is 2. The molecule has 0 spiro atoms. The highest BCUT2D eigenvalue weighted by molar-refractivity contribution is 5.42. The molecular formula is C24H31NO2. The lowest BCUT2D eigenvalue weighted by Gasteiger charge is -2.34. The van der Waals surface area contributed by atoms with Crippen LogP contribution in [0.25, 0.3) is 0 Å². The van der Waals surface area contributed by atoms with Crippen LogP contribution in [0.1, 0.15) is 54.4 Å². The summed E-state index contributed by atoms with van der Waals surface area (Å²) in [5.74, 6) is 2.18. The Labute approximate surface area is 163 Å². The summed E-state index contributed by atoms with van der Waals surface area (Å²) in [6, 6.07) is 17.0. The van der Waals surface area contributed by atoms with Crippen LogP contribution >= 0.6 is 0 Å². The highest BCUT2D eigenvalue weighted by Gasteiger charge is 2.28. The van der Waals surface area contributed by atoms with Crippen molar-refractivity contribution in [1.82, 2.24) is 4.90 Å². The number of aliphatic hydroxyl groups excluding tert-OH is 1. The van der Waals surface area contributed by atoms with Gasteiger partial charge in [-0.15, -0.1) is 0 Å². The molecule has 1 N–H and O–H groups in total. The number of aliphatic hydroxyl groups is 1. The number of nitrogens with zero attached hydrogens (tertiary/aromatic N) is 1. The van der Waals surface area contributed by atoms with Crippen molar-refractivity contribution in [2.24, 2.45) is 5.92 Å². The summed E-state index contributed by atoms with van der Waals surface area (Å²) in [6.45, 7) is 3.44. The molecule has 1 fully saturated rings. The van der Waals surface area contributed by atoms with Crippen molar-refractivity contribution in [2.75, 3.05) is 26.7 Å². The summed E-state index contributed by atoms with van der Waals surface area (Å²) in [5, 5.41) is 10.8. The third-order valence-electron chi connectivity index (χ3n) is 6.48. The second-order valence-electron chi connectivity index (χ2n) is 8.17. The lowest BCUT2D eigenvalue weighted by atomic mass is 9.88. The topological polar surface area (TPSA) is 32.7 Å². The van der Waals surface area contributed by atoms with E-state index >= 15 is 0 Å². The molecule has 0 amide bonds. The van der Waals surface area contributed by atoms with Gasteiger partial charge in [-0.1, -0.05) is 42.5 Å². The molecule has 1 aliphatic heterocycles. The minimum absolute atomic E-state index is 0.371. The Morgan fingerprint density at radius 3 is 2.52 bits per heavy atom. The van der Waals surface area contributed by atoms with E-state index in [0.717, 1.165) is 37.1 Å². The number of hydrogen-bond donors (Lipinski definition) is 1. The molecule has 27 heavy (non-hydrogen) atoms. The molecule has 0 unspecified atom stereocenters. The first-order valence-corrected chi connectivity index (χ1v) is 10.4. The summed E-state index contributed by atoms with van der Waals surface area (Å²) in [5.41, 5.74) is 3.77. The highest BCUT2D eigenvalue weighted by Crippen LogP contribution is 2.37. The zero-order chi connectivity index (χ0) is 18.6. The van der Waals surface area contributed by atoms with Gasteiger partial charge in [0.05, 0.1) is 13.2 Å². The van der Waals surface area contributed by atoms with Crippen LogP contribution in [0.15, 0.2) is 48.5 Å². The predicted molar refractivity (Wildman–Crippen MR) is 109 cm³/mol. The number of methoxy groups -OCH3 is 1. The summed E-state index contributed by atoms with van der Waals surface area (Å²) < 4.78 is 5.53. The zero-order valence-corrected chi connectivity index (χ0v) is 16.3. The minimum atomic E-state index is -0.371. The average Bonchev–Trinajstić information content (AvgIpc) is 2.88. The van der Waals surface area contributed by atoms with Crippen molar-refractivity contribution in [3.05, 3.63) is 65.2 Å². The van der Waals surface area contributed by atoms with Crippen LogP contribution < -0.4 is 4.74 Å². The van der Waals surface area contributed by atoms with Crippen molar-refractivity contribution < 1.29 is 9.84 Å². The molecule has 1 aliphatic carbocycles. The summed E-state index contributed by atoms with van der Waals surface area (Å²) in [7, 11) is 1.72. The molecule has 0 aromatic heterocycles. The maximum absolute atomic E-state index is 10.8. The normalized spacial score (nSPS) is 24.2. The molecule has 1 heterocycles. The van der Waals surface area contributed by atoms with Gasteiger partial charge in [0, 0.05) is 6.54 Å². The fraction of sp³-hybridized carbons (Fsp3) is 0.500. The predicted octanol–water partition coefficient (Wildman–Crippen LogP) is 4.56. The molecule has 144 valence electrons. The van der Waals surface area contributed by atoms with Crippen molar-refractivity contribution in [3.8, 4) is 5.75 Å². The molecule has 0 saturated carbocycles. The molecule has 3 nitrogen and oxygen atoms in total. The van der Waals surface area contributed by atoms with E-state index in [1.807, 2.05) is 12.1 Å². The minimum Gasteiger partial charge on any atom is -0.496 e. The fourth-order valence-corrected chi connectivity index (χ4v) is 4.97. The van der Waals surface area contributed by atoms with Gasteiger partial charge in [0.2, 0.25) is 0 Å². The van der Waals surface area contributed by atoms with Crippen LogP contribution in [0.2, 0.25) is 0 Å². The third-order valence-corrected chi connectivity index (χ3v) is 6.48. The van der Waals surface area contributed by atoms with Crippen LogP contribution in [0.4, 0.5) is 0 Å². The zero-order valence-electron chi connectivity index (χ0n) is 16.3. The smallest absolute Gasteiger partial charge is 0.122 e. The largest absolute Gasteiger partial charge is 0.496 e. The second-order valence-corrected chi connectivity index (χ2v) is 8.17. The van der Waals surface area contributed by atoms with Crippen LogP contribution in [0, 0.1) is 5.92 Å². The van der Waals surface area contributed by atoms with Gasteiger partial charge in [0.25, 0.3) is 0 Å². The Kier molecular flexibility index (Phi) is 5.80. The highest BCUT2D eigenvalue weighted by atomic mass is 16.5. The number of hydrogen-bond acceptors (Lipinski definition) is 3. The number of rotatable bonds is 4. The van der Waals surface area contributed by atoms with E-state index in [1.54, 1.807) is 7.11 Å². The van der Waals surface area contributed by atoms with Crippen molar-refractivity contribution in [2.45, 2.75) is 44.1 Å². The molecule has 2 atom stereocenters. The monoisotopic (exact) mass is 365 g/mol. The molecule has 2 aromatic carbocycles. The first-order valence-electron chi connectivity index (χ1n) is 10.4. The summed E-state index contributed by atoms with van der Waals surface area (Å²) in [6.07, 6.45) is 5.11. The van der Waals surface area contributed by atoms with Crippen LogP contribution in [0.3, 0.4) is 0 Å². The van der Waals surface area contributed by atoms with E-state index in [9.17, 15) is 5.11 Å². The van der Waals surface area contributed by atoms with Gasteiger partial charge in [0.15, 0.2) is 0 Å². The fourth-order valence-electron chi connectivity index (χ4n) is 4.97. The molecule has 0 bridgehead atoms. The molecule has 1 saturated heterocycles. The Morgan fingerprint density at radius 2 is 1.78 bits per heavy atom. The van der Waals surface area contributed by atoms with Gasteiger partial charge in [-0.25, -0.2) is 0 Å². The quantitative estimate of drug-likeness (QED) is 0.806. The lowest BCUT2D eigenvalue weighted by molar-refractivity contribution is 0.117. The van der Waals surface area contributed by atoms with Gasteiger partial charge < -0.3 is 14.7 Å². The van der Waals surface area contributed by atoms with Crippen LogP contribution in [-0.4, -0.2) is 36.8 Å². The van der Waals surface area contributed by atoms with Gasteiger partial charge >= 0.3 is 0 Å². The average molecular weight is 366 g/mol. The lowest BCUT2D eigenvalue weighted by Crippen LogP contribution is -2.36. The standard InChI is InChI=1S/C24H31NO2/c1-27-24-9-5-8-21-22(24)11-10-18(16-23(21)26)17-25-14-12-20(13-15-25)19-6-3-2-4-7-19/h2-9,18,20,23,26H,10-17H2,1H3/t18-,23+/m0/s1. The van der Waals surface area contributed by atoms with E-state index in [0.29, 0.717) is 11.8 Å². The second kappa shape index (κ2) is 8.45. The van der Waals surface area contributed by atoms with E-state index in [2.05, 4.69) is 41.3 Å². The summed E-state index contributed by atoms with van der Waals surface area (Å²) in [4.78, 5) is 2.62. The number of piperidine rings is 1. The first-order chi connectivity index (χ1) is 13.2. The van der Waals surface area contributed by atoms with Gasteiger partial charge in [-0.05, 0) is 79.8 Å². The van der Waals surface area contributed by atoms with Crippen molar-refractivity contribution in [3.63, 3.8) is 0 Å². The number of fused-ring (bicyclic) bond motifs is 1. The molecular weight excluding hydrogens is 334 g/mol. The molecule has 2 aromatic rings. The molecule has 0 radical (unpaired) electrons. The van der Waals surface area contributed by atoms with Gasteiger partial charge in [-0.3, -0.25) is 0 Å². The Morgan fingerprint density at radius 1 is 1.00 bits per heavy atom. The molecule has 3 heteroatoms. The SMILES string of the molecule is COc1cccc2c1CC[C@H](CN1CCC(c3ccccc3)CC1)C[C@H]2O. The van der Waals surface area contributed by atoms with Crippen LogP contribution in [0.5, 0.6) is 5.75 Å². The first kappa shape index (κ1) is 18.5. The van der Waals surface area contributed by atoms with E-state index < -0.39 is 0 Å². The number of likely N-dealkylation sites (tertiary alicyclic amines) is 1. The Hall–Kier alpha value is -1.84. The van der Waals surface area contributed by atoms with Crippen molar-refractivity contribution >= 4 is 0 Å². The van der Waals surface area contributed by atoms with E-state index in [-0.39, 0.29) is 6.10 Å². The Bertz CT molecular complexity index is 737. The van der Waals surface area contributed by atoms with Crippen LogP contribution in [-0.2, 0) is 6.42 Å². The van der Waals surface area contributed by atoms with Crippen molar-refractivity contribution in [1.29, 1.82) is 0 Å². The maximum atomic E-state index is 10.8.